The van der Waals surface area contributed by atoms with E-state index in [4.69, 9.17) is 5.73 Å². The number of hydrogen-bond acceptors (Lipinski definition) is 4. The summed E-state index contributed by atoms with van der Waals surface area (Å²) < 4.78 is 0. The van der Waals surface area contributed by atoms with Crippen LogP contribution >= 0.6 is 0 Å². The zero-order chi connectivity index (χ0) is 19.5. The summed E-state index contributed by atoms with van der Waals surface area (Å²) in [6.45, 7) is 0.547. The molecule has 1 aliphatic heterocycles. The third-order valence-electron chi connectivity index (χ3n) is 5.17. The van der Waals surface area contributed by atoms with Crippen LogP contribution in [0.4, 0.5) is 5.69 Å². The zero-order valence-corrected chi connectivity index (χ0v) is 15.5. The van der Waals surface area contributed by atoms with E-state index in [2.05, 4.69) is 15.3 Å². The molecular weight excluding hydrogens is 354 g/mol. The quantitative estimate of drug-likeness (QED) is 0.633. The number of aromatic nitrogens is 2. The molecule has 0 aliphatic carbocycles. The van der Waals surface area contributed by atoms with Gasteiger partial charge in [-0.3, -0.25) is 9.59 Å². The number of nitrogens with zero attached hydrogens (tertiary/aromatic N) is 2. The summed E-state index contributed by atoms with van der Waals surface area (Å²) in [6.07, 6.45) is 5.01. The lowest BCUT2D eigenvalue weighted by Crippen LogP contribution is -2.50. The van der Waals surface area contributed by atoms with Gasteiger partial charge in [0.15, 0.2) is 0 Å². The smallest absolute Gasteiger partial charge is 0.247 e. The molecule has 1 aliphatic rings. The Kier molecular flexibility index (Phi) is 5.08. The summed E-state index contributed by atoms with van der Waals surface area (Å²) in [4.78, 5) is 34.1. The third-order valence-corrected chi connectivity index (χ3v) is 5.17. The Balaban J connectivity index is 1.44. The van der Waals surface area contributed by atoms with E-state index in [0.717, 1.165) is 28.6 Å². The molecule has 0 saturated carbocycles. The summed E-state index contributed by atoms with van der Waals surface area (Å²) in [7, 11) is 0. The molecule has 2 unspecified atom stereocenters. The lowest BCUT2D eigenvalue weighted by atomic mass is 10.1. The first-order chi connectivity index (χ1) is 13.6. The summed E-state index contributed by atoms with van der Waals surface area (Å²) in [5.74, 6) is -0.374. The Morgan fingerprint density at radius 2 is 2.07 bits per heavy atom. The van der Waals surface area contributed by atoms with Crippen LogP contribution in [-0.4, -0.2) is 45.3 Å². The van der Waals surface area contributed by atoms with Crippen molar-refractivity contribution in [1.29, 1.82) is 0 Å². The van der Waals surface area contributed by atoms with Crippen LogP contribution in [0.1, 0.15) is 18.5 Å². The van der Waals surface area contributed by atoms with Gasteiger partial charge in [-0.15, -0.1) is 0 Å². The van der Waals surface area contributed by atoms with Crippen molar-refractivity contribution in [1.82, 2.24) is 14.9 Å². The number of aromatic amines is 1. The molecule has 4 N–H and O–H groups in total. The Bertz CT molecular complexity index is 985. The standard InChI is InChI=1S/C21H23N5O2/c22-18(11-17-12-23-13-24-17)21(28)26-9-3-6-19(26)20(27)25-16-8-7-14-4-1-2-5-15(14)10-16/h1-2,4-5,7-8,10,12-13,18-19H,3,6,9,11,22H2,(H,23,24)(H,25,27). The molecular formula is C21H23N5O2. The van der Waals surface area contributed by atoms with Crippen LogP contribution in [-0.2, 0) is 16.0 Å². The molecule has 2 atom stereocenters. The first-order valence-electron chi connectivity index (χ1n) is 9.45. The highest BCUT2D eigenvalue weighted by molar-refractivity contribution is 5.99. The SMILES string of the molecule is NC(Cc1cnc[nH]1)C(=O)N1CCCC1C(=O)Nc1ccc2ccccc2c1. The fourth-order valence-corrected chi connectivity index (χ4v) is 3.73. The van der Waals surface area contributed by atoms with Crippen LogP contribution in [0.25, 0.3) is 10.8 Å². The van der Waals surface area contributed by atoms with Crippen LogP contribution in [0.15, 0.2) is 55.0 Å². The zero-order valence-electron chi connectivity index (χ0n) is 15.5. The lowest BCUT2D eigenvalue weighted by molar-refractivity contribution is -0.137. The molecule has 2 amide bonds. The number of carbonyl (C=O) groups excluding carboxylic acids is 2. The number of hydrogen-bond donors (Lipinski definition) is 3. The largest absolute Gasteiger partial charge is 0.348 e. The van der Waals surface area contributed by atoms with Gasteiger partial charge in [-0.25, -0.2) is 4.98 Å². The van der Waals surface area contributed by atoms with Gasteiger partial charge in [0, 0.05) is 30.5 Å². The van der Waals surface area contributed by atoms with Gasteiger partial charge in [0.1, 0.15) is 6.04 Å². The number of benzene rings is 2. The second kappa shape index (κ2) is 7.82. The van der Waals surface area contributed by atoms with Crippen molar-refractivity contribution < 1.29 is 9.59 Å². The number of likely N-dealkylation sites (tertiary alicyclic amines) is 1. The normalized spacial score (nSPS) is 17.6. The highest BCUT2D eigenvalue weighted by Crippen LogP contribution is 2.23. The minimum atomic E-state index is -0.700. The second-order valence-corrected chi connectivity index (χ2v) is 7.13. The van der Waals surface area contributed by atoms with Crippen molar-refractivity contribution in [2.24, 2.45) is 5.73 Å². The first kappa shape index (κ1) is 18.2. The highest BCUT2D eigenvalue weighted by Gasteiger charge is 2.36. The molecule has 0 spiro atoms. The van der Waals surface area contributed by atoms with Crippen LogP contribution < -0.4 is 11.1 Å². The van der Waals surface area contributed by atoms with Crippen molar-refractivity contribution in [3.63, 3.8) is 0 Å². The van der Waals surface area contributed by atoms with E-state index in [9.17, 15) is 9.59 Å². The van der Waals surface area contributed by atoms with Crippen molar-refractivity contribution in [3.8, 4) is 0 Å². The third kappa shape index (κ3) is 3.75. The average Bonchev–Trinajstić information content (AvgIpc) is 3.39. The van der Waals surface area contributed by atoms with Gasteiger partial charge < -0.3 is 20.9 Å². The van der Waals surface area contributed by atoms with Crippen LogP contribution in [0.3, 0.4) is 0 Å². The van der Waals surface area contributed by atoms with E-state index in [1.54, 1.807) is 17.4 Å². The number of imidazole rings is 1. The predicted molar refractivity (Wildman–Crippen MR) is 108 cm³/mol. The molecule has 2 heterocycles. The van der Waals surface area contributed by atoms with Crippen molar-refractivity contribution in [3.05, 3.63) is 60.7 Å². The molecule has 2 aromatic carbocycles. The van der Waals surface area contributed by atoms with Gasteiger partial charge in [-0.2, -0.15) is 0 Å². The Morgan fingerprint density at radius 1 is 1.25 bits per heavy atom. The maximum atomic E-state index is 12.8. The van der Waals surface area contributed by atoms with Crippen molar-refractivity contribution >= 4 is 28.3 Å². The Labute approximate surface area is 162 Å². The first-order valence-corrected chi connectivity index (χ1v) is 9.45. The van der Waals surface area contributed by atoms with E-state index in [-0.39, 0.29) is 11.8 Å². The fourth-order valence-electron chi connectivity index (χ4n) is 3.73. The molecule has 0 radical (unpaired) electrons. The van der Waals surface area contributed by atoms with Gasteiger partial charge in [0.05, 0.1) is 12.4 Å². The average molecular weight is 377 g/mol. The molecule has 3 aromatic rings. The lowest BCUT2D eigenvalue weighted by Gasteiger charge is -2.26. The van der Waals surface area contributed by atoms with Crippen LogP contribution in [0.5, 0.6) is 0 Å². The van der Waals surface area contributed by atoms with Gasteiger partial charge >= 0.3 is 0 Å². The van der Waals surface area contributed by atoms with Gasteiger partial charge in [0.2, 0.25) is 11.8 Å². The predicted octanol–water partition coefficient (Wildman–Crippen LogP) is 2.06. The Morgan fingerprint density at radius 3 is 2.86 bits per heavy atom. The monoisotopic (exact) mass is 377 g/mol. The van der Waals surface area contributed by atoms with Crippen LogP contribution in [0, 0.1) is 0 Å². The van der Waals surface area contributed by atoms with E-state index >= 15 is 0 Å². The van der Waals surface area contributed by atoms with Crippen molar-refractivity contribution in [2.75, 3.05) is 11.9 Å². The number of amides is 2. The minimum absolute atomic E-state index is 0.171. The van der Waals surface area contributed by atoms with Gasteiger partial charge in [0.25, 0.3) is 0 Å². The summed E-state index contributed by atoms with van der Waals surface area (Å²) in [6, 6.07) is 12.6. The summed E-state index contributed by atoms with van der Waals surface area (Å²) in [5.41, 5.74) is 7.62. The fraction of sp³-hybridized carbons (Fsp3) is 0.286. The maximum absolute atomic E-state index is 12.8. The molecule has 7 heteroatoms. The molecule has 1 aromatic heterocycles. The number of nitrogens with one attached hydrogen (secondary N) is 2. The number of carbonyl (C=O) groups is 2. The molecule has 4 rings (SSSR count). The number of rotatable bonds is 5. The summed E-state index contributed by atoms with van der Waals surface area (Å²) >= 11 is 0. The topological polar surface area (TPSA) is 104 Å². The second-order valence-electron chi connectivity index (χ2n) is 7.13. The molecule has 0 bridgehead atoms. The van der Waals surface area contributed by atoms with Gasteiger partial charge in [-0.05, 0) is 35.7 Å². The molecule has 7 nitrogen and oxygen atoms in total. The van der Waals surface area contributed by atoms with Gasteiger partial charge in [-0.1, -0.05) is 30.3 Å². The molecule has 1 fully saturated rings. The number of fused-ring (bicyclic) bond motifs is 1. The van der Waals surface area contributed by atoms with E-state index < -0.39 is 12.1 Å². The highest BCUT2D eigenvalue weighted by atomic mass is 16.2. The van der Waals surface area contributed by atoms with Crippen LogP contribution in [0.2, 0.25) is 0 Å². The molecule has 1 saturated heterocycles. The maximum Gasteiger partial charge on any atom is 0.247 e. The number of anilines is 1. The number of H-pyrrole nitrogens is 1. The van der Waals surface area contributed by atoms with E-state index in [1.165, 1.54) is 0 Å². The van der Waals surface area contributed by atoms with E-state index in [0.29, 0.717) is 19.4 Å². The Hall–Kier alpha value is -3.19. The van der Waals surface area contributed by atoms with E-state index in [1.807, 2.05) is 42.5 Å². The summed E-state index contributed by atoms with van der Waals surface area (Å²) in [5, 5.41) is 5.13. The molecule has 28 heavy (non-hydrogen) atoms. The van der Waals surface area contributed by atoms with Crippen molar-refractivity contribution in [2.45, 2.75) is 31.3 Å². The molecule has 144 valence electrons. The number of nitrogens with two attached hydrogens (primary N) is 1. The minimum Gasteiger partial charge on any atom is -0.348 e.